The van der Waals surface area contributed by atoms with E-state index in [0.29, 0.717) is 30.3 Å². The Kier molecular flexibility index (Phi) is 7.03. The van der Waals surface area contributed by atoms with E-state index in [-0.39, 0.29) is 5.92 Å². The van der Waals surface area contributed by atoms with Crippen LogP contribution in [0, 0.1) is 5.92 Å². The third-order valence-electron chi connectivity index (χ3n) is 6.72. The average molecular weight is 417 g/mol. The standard InChI is InChI=1S/C28H32O3/c1-2-24-20(12-14-26(24)27-9-5-6-10-28(27)30)11-13-23(29)19-22-7-3-4-8-25(22)21-15-17-31-18-16-21/h3-10,12,14,21,24,30H,2,11,13,15-19H2,1H3. The Morgan fingerprint density at radius 2 is 1.77 bits per heavy atom. The molecule has 1 saturated heterocycles. The minimum absolute atomic E-state index is 0.274. The van der Waals surface area contributed by atoms with Gasteiger partial charge in [0.25, 0.3) is 0 Å². The second-order valence-electron chi connectivity index (χ2n) is 8.64. The summed E-state index contributed by atoms with van der Waals surface area (Å²) in [4.78, 5) is 12.9. The van der Waals surface area contributed by atoms with Crippen molar-refractivity contribution in [1.29, 1.82) is 0 Å². The number of carbonyl (C=O) groups excluding carboxylic acids is 1. The Hall–Kier alpha value is -2.65. The first-order valence-corrected chi connectivity index (χ1v) is 11.5. The van der Waals surface area contributed by atoms with Gasteiger partial charge in [-0.15, -0.1) is 0 Å². The van der Waals surface area contributed by atoms with E-state index < -0.39 is 0 Å². The number of para-hydroxylation sites is 1. The van der Waals surface area contributed by atoms with Crippen LogP contribution in [0.4, 0.5) is 0 Å². The van der Waals surface area contributed by atoms with Crippen molar-refractivity contribution < 1.29 is 14.6 Å². The Labute approximate surface area is 185 Å². The molecule has 1 N–H and O–H groups in total. The average Bonchev–Trinajstić information content (AvgIpc) is 3.21. The van der Waals surface area contributed by atoms with Crippen LogP contribution in [0.25, 0.3) is 5.57 Å². The summed E-state index contributed by atoms with van der Waals surface area (Å²) in [5.41, 5.74) is 5.87. The number of hydrogen-bond donors (Lipinski definition) is 1. The number of phenolic OH excluding ortho intramolecular Hbond substituents is 1. The van der Waals surface area contributed by atoms with Gasteiger partial charge in [-0.25, -0.2) is 0 Å². The van der Waals surface area contributed by atoms with Crippen LogP contribution in [0.15, 0.2) is 66.3 Å². The normalized spacial score (nSPS) is 19.2. The third-order valence-corrected chi connectivity index (χ3v) is 6.72. The van der Waals surface area contributed by atoms with E-state index in [4.69, 9.17) is 4.74 Å². The van der Waals surface area contributed by atoms with Crippen LogP contribution in [-0.2, 0) is 16.0 Å². The fraction of sp³-hybridized carbons (Fsp3) is 0.393. The van der Waals surface area contributed by atoms with Gasteiger partial charge < -0.3 is 9.84 Å². The number of ether oxygens (including phenoxy) is 1. The fourth-order valence-corrected chi connectivity index (χ4v) is 5.05. The topological polar surface area (TPSA) is 46.5 Å². The first-order chi connectivity index (χ1) is 15.2. The van der Waals surface area contributed by atoms with E-state index in [1.807, 2.05) is 24.3 Å². The van der Waals surface area contributed by atoms with Crippen LogP contribution in [0.3, 0.4) is 0 Å². The number of ketones is 1. The van der Waals surface area contributed by atoms with Crippen molar-refractivity contribution in [2.24, 2.45) is 5.92 Å². The van der Waals surface area contributed by atoms with Gasteiger partial charge in [0.05, 0.1) is 0 Å². The van der Waals surface area contributed by atoms with Gasteiger partial charge in [0.1, 0.15) is 11.5 Å². The quantitative estimate of drug-likeness (QED) is 0.555. The zero-order valence-electron chi connectivity index (χ0n) is 18.3. The van der Waals surface area contributed by atoms with Gasteiger partial charge in [-0.05, 0) is 54.4 Å². The van der Waals surface area contributed by atoms with Gasteiger partial charge in [-0.3, -0.25) is 4.79 Å². The molecule has 0 aromatic heterocycles. The number of hydrogen-bond acceptors (Lipinski definition) is 3. The highest BCUT2D eigenvalue weighted by molar-refractivity contribution is 5.82. The molecule has 1 unspecified atom stereocenters. The summed E-state index contributed by atoms with van der Waals surface area (Å²) in [5.74, 6) is 1.40. The molecule has 4 rings (SSSR count). The summed E-state index contributed by atoms with van der Waals surface area (Å²) in [6.45, 7) is 3.79. The van der Waals surface area contributed by atoms with Crippen LogP contribution in [-0.4, -0.2) is 24.1 Å². The Morgan fingerprint density at radius 3 is 2.55 bits per heavy atom. The molecule has 2 aromatic carbocycles. The summed E-state index contributed by atoms with van der Waals surface area (Å²) >= 11 is 0. The molecule has 2 aliphatic rings. The maximum absolute atomic E-state index is 12.9. The lowest BCUT2D eigenvalue weighted by Crippen LogP contribution is -2.16. The molecule has 0 amide bonds. The van der Waals surface area contributed by atoms with Crippen LogP contribution in [0.5, 0.6) is 5.75 Å². The molecule has 1 aliphatic heterocycles. The van der Waals surface area contributed by atoms with Gasteiger partial charge in [-0.2, -0.15) is 0 Å². The molecule has 1 heterocycles. The van der Waals surface area contributed by atoms with E-state index in [1.165, 1.54) is 16.7 Å². The number of rotatable bonds is 8. The fourth-order valence-electron chi connectivity index (χ4n) is 5.05. The monoisotopic (exact) mass is 416 g/mol. The highest BCUT2D eigenvalue weighted by Gasteiger charge is 2.25. The molecule has 3 heteroatoms. The SMILES string of the molecule is CCC1C(CCC(=O)Cc2ccccc2C2CCOCC2)=CC=C1c1ccccc1O. The van der Waals surface area contributed by atoms with Crippen molar-refractivity contribution in [3.05, 3.63) is 82.9 Å². The molecular formula is C28H32O3. The number of allylic oxidation sites excluding steroid dienone is 4. The molecule has 0 saturated carbocycles. The van der Waals surface area contributed by atoms with E-state index in [1.54, 1.807) is 6.07 Å². The van der Waals surface area contributed by atoms with Crippen molar-refractivity contribution in [3.63, 3.8) is 0 Å². The zero-order chi connectivity index (χ0) is 21.6. The molecule has 1 fully saturated rings. The molecular weight excluding hydrogens is 384 g/mol. The van der Waals surface area contributed by atoms with Crippen molar-refractivity contribution in [3.8, 4) is 5.75 Å². The summed E-state index contributed by atoms with van der Waals surface area (Å²) in [7, 11) is 0. The molecule has 162 valence electrons. The first-order valence-electron chi connectivity index (χ1n) is 11.5. The number of carbonyl (C=O) groups is 1. The molecule has 1 aliphatic carbocycles. The lowest BCUT2D eigenvalue weighted by Gasteiger charge is -2.24. The second kappa shape index (κ2) is 10.1. The minimum atomic E-state index is 0.274. The molecule has 0 spiro atoms. The smallest absolute Gasteiger partial charge is 0.137 e. The lowest BCUT2D eigenvalue weighted by molar-refractivity contribution is -0.118. The number of phenols is 1. The van der Waals surface area contributed by atoms with Crippen molar-refractivity contribution in [1.82, 2.24) is 0 Å². The van der Waals surface area contributed by atoms with Crippen molar-refractivity contribution in [2.75, 3.05) is 13.2 Å². The maximum Gasteiger partial charge on any atom is 0.137 e. The molecule has 0 radical (unpaired) electrons. The molecule has 1 atom stereocenters. The lowest BCUT2D eigenvalue weighted by atomic mass is 9.85. The highest BCUT2D eigenvalue weighted by atomic mass is 16.5. The predicted molar refractivity (Wildman–Crippen MR) is 125 cm³/mol. The van der Waals surface area contributed by atoms with Crippen LogP contribution >= 0.6 is 0 Å². The van der Waals surface area contributed by atoms with Gasteiger partial charge >= 0.3 is 0 Å². The summed E-state index contributed by atoms with van der Waals surface area (Å²) in [5, 5.41) is 10.3. The number of benzene rings is 2. The van der Waals surface area contributed by atoms with E-state index >= 15 is 0 Å². The largest absolute Gasteiger partial charge is 0.507 e. The third kappa shape index (κ3) is 4.99. The van der Waals surface area contributed by atoms with Crippen molar-refractivity contribution in [2.45, 2.75) is 51.4 Å². The van der Waals surface area contributed by atoms with E-state index in [9.17, 15) is 9.90 Å². The Balaban J connectivity index is 1.37. The predicted octanol–water partition coefficient (Wildman–Crippen LogP) is 6.23. The summed E-state index contributed by atoms with van der Waals surface area (Å²) < 4.78 is 5.51. The second-order valence-corrected chi connectivity index (χ2v) is 8.64. The Morgan fingerprint density at radius 1 is 1.03 bits per heavy atom. The maximum atomic E-state index is 12.9. The minimum Gasteiger partial charge on any atom is -0.507 e. The van der Waals surface area contributed by atoms with Gasteiger partial charge in [0.2, 0.25) is 0 Å². The number of Topliss-reactive ketones (excluding diaryl/α,β-unsaturated/α-hetero) is 1. The van der Waals surface area contributed by atoms with Gasteiger partial charge in [0, 0.05) is 37.5 Å². The van der Waals surface area contributed by atoms with Crippen LogP contribution in [0.1, 0.15) is 61.6 Å². The van der Waals surface area contributed by atoms with E-state index in [0.717, 1.165) is 50.0 Å². The molecule has 0 bridgehead atoms. The van der Waals surface area contributed by atoms with Crippen LogP contribution in [0.2, 0.25) is 0 Å². The van der Waals surface area contributed by atoms with E-state index in [2.05, 4.69) is 37.3 Å². The summed E-state index contributed by atoms with van der Waals surface area (Å²) in [6, 6.07) is 15.9. The zero-order valence-corrected chi connectivity index (χ0v) is 18.3. The Bertz CT molecular complexity index is 979. The van der Waals surface area contributed by atoms with Gasteiger partial charge in [0.15, 0.2) is 0 Å². The number of aromatic hydroxyl groups is 1. The molecule has 31 heavy (non-hydrogen) atoms. The molecule has 3 nitrogen and oxygen atoms in total. The summed E-state index contributed by atoms with van der Waals surface area (Å²) in [6.07, 6.45) is 9.16. The van der Waals surface area contributed by atoms with Gasteiger partial charge in [-0.1, -0.05) is 67.1 Å². The molecule has 2 aromatic rings. The first kappa shape index (κ1) is 21.6. The van der Waals surface area contributed by atoms with Crippen LogP contribution < -0.4 is 0 Å². The highest BCUT2D eigenvalue weighted by Crippen LogP contribution is 2.41. The van der Waals surface area contributed by atoms with Crippen molar-refractivity contribution >= 4 is 11.4 Å².